The van der Waals surface area contributed by atoms with Gasteiger partial charge in [0.15, 0.2) is 0 Å². The van der Waals surface area contributed by atoms with E-state index in [0.29, 0.717) is 18.1 Å². The Hall–Kier alpha value is -1.45. The number of rotatable bonds is 9. The van der Waals surface area contributed by atoms with Crippen molar-refractivity contribution in [2.75, 3.05) is 25.4 Å². The summed E-state index contributed by atoms with van der Waals surface area (Å²) in [5.74, 6) is 0.219. The lowest BCUT2D eigenvalue weighted by Gasteiger charge is -2.44. The van der Waals surface area contributed by atoms with Gasteiger partial charge in [0.05, 0.1) is 17.4 Å². The van der Waals surface area contributed by atoms with Crippen LogP contribution in [-0.2, 0) is 9.59 Å². The van der Waals surface area contributed by atoms with Crippen molar-refractivity contribution in [2.45, 2.75) is 56.4 Å². The molecular weight excluding hydrogens is 398 g/mol. The fourth-order valence-electron chi connectivity index (χ4n) is 3.63. The van der Waals surface area contributed by atoms with E-state index in [4.69, 9.17) is 10.2 Å². The van der Waals surface area contributed by atoms with Crippen LogP contribution in [0.2, 0.25) is 0 Å². The van der Waals surface area contributed by atoms with E-state index in [0.717, 1.165) is 5.92 Å². The van der Waals surface area contributed by atoms with Gasteiger partial charge in [-0.25, -0.2) is 9.59 Å². The van der Waals surface area contributed by atoms with Gasteiger partial charge >= 0.3 is 11.9 Å². The highest BCUT2D eigenvalue weighted by Gasteiger charge is 2.37. The van der Waals surface area contributed by atoms with Gasteiger partial charge < -0.3 is 15.1 Å². The summed E-state index contributed by atoms with van der Waals surface area (Å²) in [6.07, 6.45) is 9.19. The number of unbranched alkanes of at least 4 members (excludes halogenated alkanes) is 3. The Morgan fingerprint density at radius 2 is 1.82 bits per heavy atom. The zero-order valence-electron chi connectivity index (χ0n) is 16.2. The molecule has 3 fully saturated rings. The summed E-state index contributed by atoms with van der Waals surface area (Å²) in [6.45, 7) is 6.10. The maximum atomic E-state index is 9.55. The Balaban J connectivity index is 0.000000300. The monoisotopic (exact) mass is 427 g/mol. The summed E-state index contributed by atoms with van der Waals surface area (Å²) in [5, 5.41) is 16.9. The molecule has 7 nitrogen and oxygen atoms in total. The smallest absolute Gasteiger partial charge is 0.328 e. The molecule has 1 atom stereocenters. The lowest BCUT2D eigenvalue weighted by molar-refractivity contribution is -0.134. The molecule has 156 valence electrons. The molecule has 0 amide bonds. The Labute approximate surface area is 174 Å². The van der Waals surface area contributed by atoms with Crippen molar-refractivity contribution >= 4 is 35.4 Å². The van der Waals surface area contributed by atoms with Crippen LogP contribution in [0, 0.1) is 5.92 Å². The van der Waals surface area contributed by atoms with Crippen molar-refractivity contribution in [1.29, 1.82) is 0 Å². The van der Waals surface area contributed by atoms with Gasteiger partial charge in [-0.15, -0.1) is 11.8 Å². The number of hydrogen-bond acceptors (Lipinski definition) is 7. The number of carboxylic acids is 2. The first-order chi connectivity index (χ1) is 13.5. The molecule has 2 N–H and O–H groups in total. The highest BCUT2D eigenvalue weighted by atomic mass is 32.2. The fraction of sp³-hybridized carbons (Fsp3) is 0.684. The molecule has 3 aliphatic rings. The molecule has 28 heavy (non-hydrogen) atoms. The summed E-state index contributed by atoms with van der Waals surface area (Å²) in [4.78, 5) is 21.7. The molecule has 4 heterocycles. The minimum atomic E-state index is -1.26. The maximum absolute atomic E-state index is 9.55. The van der Waals surface area contributed by atoms with Crippen LogP contribution in [0.4, 0.5) is 0 Å². The van der Waals surface area contributed by atoms with Crippen molar-refractivity contribution < 1.29 is 19.8 Å². The molecule has 2 bridgehead atoms. The average molecular weight is 428 g/mol. The summed E-state index contributed by atoms with van der Waals surface area (Å²) in [6, 6.07) is 0. The second kappa shape index (κ2) is 12.2. The second-order valence-electron chi connectivity index (χ2n) is 7.12. The van der Waals surface area contributed by atoms with Gasteiger partial charge in [0.25, 0.3) is 0 Å². The van der Waals surface area contributed by atoms with Crippen LogP contribution in [0.25, 0.3) is 0 Å². The summed E-state index contributed by atoms with van der Waals surface area (Å²) < 4.78 is 9.22. The third-order valence-corrected chi connectivity index (χ3v) is 6.82. The number of fused-ring (bicyclic) bond motifs is 3. The highest BCUT2D eigenvalue weighted by Crippen LogP contribution is 2.41. The lowest BCUT2D eigenvalue weighted by atomic mass is 9.78. The van der Waals surface area contributed by atoms with Gasteiger partial charge in [0.2, 0.25) is 0 Å². The largest absolute Gasteiger partial charge is 0.478 e. The van der Waals surface area contributed by atoms with E-state index < -0.39 is 11.9 Å². The van der Waals surface area contributed by atoms with Gasteiger partial charge in [-0.2, -0.15) is 8.75 Å². The third kappa shape index (κ3) is 7.52. The van der Waals surface area contributed by atoms with Gasteiger partial charge in [0.1, 0.15) is 5.03 Å². The van der Waals surface area contributed by atoms with E-state index in [1.807, 2.05) is 11.8 Å². The maximum Gasteiger partial charge on any atom is 0.328 e. The van der Waals surface area contributed by atoms with Crippen LogP contribution >= 0.6 is 23.5 Å². The normalized spacial score (nSPS) is 23.4. The van der Waals surface area contributed by atoms with Crippen LogP contribution < -0.4 is 0 Å². The van der Waals surface area contributed by atoms with Crippen molar-refractivity contribution in [2.24, 2.45) is 5.92 Å². The molecule has 1 aromatic heterocycles. The molecule has 4 rings (SSSR count). The molecule has 0 aromatic carbocycles. The van der Waals surface area contributed by atoms with Crippen LogP contribution in [0.3, 0.4) is 0 Å². The van der Waals surface area contributed by atoms with E-state index in [-0.39, 0.29) is 0 Å². The molecule has 1 aromatic rings. The number of piperidine rings is 3. The molecule has 3 saturated heterocycles. The van der Waals surface area contributed by atoms with Gasteiger partial charge in [0, 0.05) is 24.6 Å². The zero-order valence-corrected chi connectivity index (χ0v) is 17.9. The molecule has 0 radical (unpaired) electrons. The average Bonchev–Trinajstić information content (AvgIpc) is 3.16. The first-order valence-electron chi connectivity index (χ1n) is 9.82. The van der Waals surface area contributed by atoms with Crippen molar-refractivity contribution in [1.82, 2.24) is 13.6 Å². The van der Waals surface area contributed by atoms with Crippen LogP contribution in [0.15, 0.2) is 17.2 Å². The number of aromatic nitrogens is 2. The van der Waals surface area contributed by atoms with Gasteiger partial charge in [-0.05, 0) is 44.0 Å². The first kappa shape index (κ1) is 22.8. The predicted octanol–water partition coefficient (Wildman–Crippen LogP) is 3.73. The quantitative estimate of drug-likeness (QED) is 0.349. The van der Waals surface area contributed by atoms with Crippen LogP contribution in [0.1, 0.15) is 57.1 Å². The van der Waals surface area contributed by atoms with Gasteiger partial charge in [-0.3, -0.25) is 0 Å². The Morgan fingerprint density at radius 1 is 1.14 bits per heavy atom. The van der Waals surface area contributed by atoms with E-state index in [1.165, 1.54) is 86.4 Å². The van der Waals surface area contributed by atoms with Gasteiger partial charge in [-0.1, -0.05) is 26.2 Å². The number of aliphatic carboxylic acids is 2. The topological polar surface area (TPSA) is 104 Å². The summed E-state index contributed by atoms with van der Waals surface area (Å²) >= 11 is 3.36. The first-order valence-corrected chi connectivity index (χ1v) is 11.5. The molecular formula is C19H29N3O4S2. The number of nitrogens with zero attached hydrogens (tertiary/aromatic N) is 3. The Morgan fingerprint density at radius 3 is 2.36 bits per heavy atom. The summed E-state index contributed by atoms with van der Waals surface area (Å²) in [5.41, 5.74) is 1.32. The van der Waals surface area contributed by atoms with Crippen LogP contribution in [0.5, 0.6) is 0 Å². The number of carbonyl (C=O) groups is 2. The van der Waals surface area contributed by atoms with E-state index in [9.17, 15) is 9.59 Å². The molecule has 9 heteroatoms. The van der Waals surface area contributed by atoms with Crippen molar-refractivity contribution in [3.63, 3.8) is 0 Å². The third-order valence-electron chi connectivity index (χ3n) is 5.09. The van der Waals surface area contributed by atoms with Crippen molar-refractivity contribution in [3.8, 4) is 0 Å². The van der Waals surface area contributed by atoms with E-state index in [2.05, 4.69) is 20.6 Å². The fourth-order valence-corrected chi connectivity index (χ4v) is 5.40. The lowest BCUT2D eigenvalue weighted by Crippen LogP contribution is -2.46. The predicted molar refractivity (Wildman–Crippen MR) is 111 cm³/mol. The molecule has 0 aliphatic carbocycles. The van der Waals surface area contributed by atoms with E-state index in [1.54, 1.807) is 0 Å². The molecule has 1 unspecified atom stereocenters. The molecule has 0 saturated carbocycles. The second-order valence-corrected chi connectivity index (χ2v) is 8.73. The minimum Gasteiger partial charge on any atom is -0.478 e. The highest BCUT2D eigenvalue weighted by molar-refractivity contribution is 7.99. The van der Waals surface area contributed by atoms with Crippen LogP contribution in [-0.4, -0.2) is 61.2 Å². The number of carboxylic acid groups (broad SMARTS) is 2. The molecule has 3 aliphatic heterocycles. The van der Waals surface area contributed by atoms with E-state index >= 15 is 0 Å². The number of hydrogen-bond donors (Lipinski definition) is 2. The minimum absolute atomic E-state index is 0.558. The Kier molecular flexibility index (Phi) is 9.94. The summed E-state index contributed by atoms with van der Waals surface area (Å²) in [7, 11) is 0. The molecule has 0 spiro atoms. The van der Waals surface area contributed by atoms with Crippen molar-refractivity contribution in [3.05, 3.63) is 17.8 Å². The zero-order chi connectivity index (χ0) is 20.4. The number of thioether (sulfide) groups is 1. The Bertz CT molecular complexity index is 641. The SMILES string of the molecule is CCCCCCSc1nsnc1C1CN2CCC1CC2.O=C(O)/C=C/C(=O)O. The standard InChI is InChI=1S/C15H25N3S2.C4H4O4/c1-2-3-4-5-10-19-15-14(16-20-17-15)13-11-18-8-6-12(13)7-9-18;5-3(6)1-2-4(7)8/h12-13H,2-11H2,1H3;1-2H,(H,5,6)(H,7,8)/b;2-1+.